The Balaban J connectivity index is 1.40. The highest BCUT2D eigenvalue weighted by molar-refractivity contribution is 7.92. The summed E-state index contributed by atoms with van der Waals surface area (Å²) in [4.78, 5) is 23.7. The molecule has 0 unspecified atom stereocenters. The summed E-state index contributed by atoms with van der Waals surface area (Å²) in [5.41, 5.74) is 1.06. The van der Waals surface area contributed by atoms with Gasteiger partial charge in [-0.25, -0.2) is 22.8 Å². The quantitative estimate of drug-likeness (QED) is 0.298. The van der Waals surface area contributed by atoms with Gasteiger partial charge in [-0.15, -0.1) is 0 Å². The molecular weight excluding hydrogens is 589 g/mol. The Bertz CT molecular complexity index is 1780. The first kappa shape index (κ1) is 29.7. The first-order chi connectivity index (χ1) is 20.0. The van der Waals surface area contributed by atoms with Crippen LogP contribution in [0.4, 0.5) is 10.1 Å². The molecule has 1 saturated heterocycles. The second-order valence-electron chi connectivity index (χ2n) is 9.90. The molecule has 0 radical (unpaired) electrons. The fourth-order valence-electron chi connectivity index (χ4n) is 4.82. The minimum atomic E-state index is -4.22. The van der Waals surface area contributed by atoms with Gasteiger partial charge in [0.05, 0.1) is 30.5 Å². The third kappa shape index (κ3) is 6.49. The second kappa shape index (κ2) is 12.2. The molecule has 0 bridgehead atoms. The van der Waals surface area contributed by atoms with E-state index in [2.05, 4.69) is 19.6 Å². The molecule has 11 nitrogen and oxygen atoms in total. The largest absolute Gasteiger partial charge is 0.485 e. The number of pyridine rings is 2. The molecule has 1 aliphatic heterocycles. The predicted octanol–water partition coefficient (Wildman–Crippen LogP) is 3.85. The number of aromatic nitrogens is 3. The molecule has 222 valence electrons. The van der Waals surface area contributed by atoms with Crippen molar-refractivity contribution in [2.45, 2.75) is 31.0 Å². The number of sulfonamides is 1. The van der Waals surface area contributed by atoms with Crippen LogP contribution in [0.5, 0.6) is 11.6 Å². The minimum Gasteiger partial charge on any atom is -0.485 e. The molecule has 14 heteroatoms. The summed E-state index contributed by atoms with van der Waals surface area (Å²) < 4.78 is 60.1. The Morgan fingerprint density at radius 1 is 1.10 bits per heavy atom. The maximum atomic E-state index is 13.5. The van der Waals surface area contributed by atoms with Crippen LogP contribution in [0.1, 0.15) is 13.8 Å². The third-order valence-electron chi connectivity index (χ3n) is 6.64. The Kier molecular flexibility index (Phi) is 8.64. The van der Waals surface area contributed by atoms with Crippen LogP contribution in [0.3, 0.4) is 0 Å². The Morgan fingerprint density at radius 3 is 2.57 bits per heavy atom. The van der Waals surface area contributed by atoms with Crippen molar-refractivity contribution in [1.82, 2.24) is 19.3 Å². The van der Waals surface area contributed by atoms with E-state index < -0.39 is 15.8 Å². The number of benzene rings is 1. The molecule has 4 heterocycles. The number of morpholine rings is 1. The number of methoxy groups -OCH3 is 1. The Hall–Kier alpha value is -3.78. The summed E-state index contributed by atoms with van der Waals surface area (Å²) >= 11 is 5.98. The van der Waals surface area contributed by atoms with Crippen LogP contribution in [0.2, 0.25) is 5.02 Å². The van der Waals surface area contributed by atoms with E-state index in [-0.39, 0.29) is 45.0 Å². The minimum absolute atomic E-state index is 0.0000707. The van der Waals surface area contributed by atoms with Crippen LogP contribution >= 0.6 is 11.6 Å². The van der Waals surface area contributed by atoms with Gasteiger partial charge in [-0.1, -0.05) is 11.6 Å². The van der Waals surface area contributed by atoms with E-state index in [1.165, 1.54) is 30.0 Å². The lowest BCUT2D eigenvalue weighted by molar-refractivity contribution is -0.0699. The molecule has 0 spiro atoms. The average Bonchev–Trinajstić information content (AvgIpc) is 2.93. The zero-order valence-corrected chi connectivity index (χ0v) is 24.7. The van der Waals surface area contributed by atoms with Crippen molar-refractivity contribution < 1.29 is 27.0 Å². The highest BCUT2D eigenvalue weighted by Gasteiger charge is 2.23. The third-order valence-corrected chi connectivity index (χ3v) is 8.48. The van der Waals surface area contributed by atoms with Gasteiger partial charge in [-0.3, -0.25) is 18.8 Å². The van der Waals surface area contributed by atoms with E-state index in [0.29, 0.717) is 29.9 Å². The summed E-state index contributed by atoms with van der Waals surface area (Å²) in [6, 6.07) is 7.85. The van der Waals surface area contributed by atoms with E-state index in [1.807, 2.05) is 13.8 Å². The molecule has 1 aromatic carbocycles. The lowest BCUT2D eigenvalue weighted by Crippen LogP contribution is -2.46. The molecule has 42 heavy (non-hydrogen) atoms. The van der Waals surface area contributed by atoms with Crippen molar-refractivity contribution in [2.24, 2.45) is 0 Å². The summed E-state index contributed by atoms with van der Waals surface area (Å²) in [5, 5.41) is -0.279. The molecule has 5 rings (SSSR count). The second-order valence-corrected chi connectivity index (χ2v) is 12.0. The number of fused-ring (bicyclic) bond motifs is 1. The molecule has 3 aromatic heterocycles. The standard InChI is InChI=1S/C28H29ClFN5O6S/c1-17-14-34(15-18(2)41-17)8-9-40-24-13-31-26-7-4-19(16-35(26)28(24)36)20-10-23(27(39-3)32-12-20)33-42(37,38)25-6-5-21(30)11-22(25)29/h4-7,10-13,16-18,33H,8-9,14-15H2,1-3H3/t17-,18+. The Morgan fingerprint density at radius 2 is 1.86 bits per heavy atom. The number of nitrogens with one attached hydrogen (secondary N) is 1. The highest BCUT2D eigenvalue weighted by atomic mass is 35.5. The van der Waals surface area contributed by atoms with Crippen LogP contribution in [0.25, 0.3) is 16.8 Å². The summed E-state index contributed by atoms with van der Waals surface area (Å²) in [7, 11) is -2.88. The molecule has 0 amide bonds. The van der Waals surface area contributed by atoms with Gasteiger partial charge in [-0.05, 0) is 50.2 Å². The monoisotopic (exact) mass is 617 g/mol. The van der Waals surface area contributed by atoms with Gasteiger partial charge < -0.3 is 14.2 Å². The maximum Gasteiger partial charge on any atom is 0.300 e. The van der Waals surface area contributed by atoms with Gasteiger partial charge in [0.15, 0.2) is 0 Å². The number of hydrogen-bond donors (Lipinski definition) is 1. The number of nitrogens with zero attached hydrogens (tertiary/aromatic N) is 4. The van der Waals surface area contributed by atoms with Gasteiger partial charge in [0.2, 0.25) is 11.6 Å². The van der Waals surface area contributed by atoms with E-state index in [4.69, 9.17) is 25.8 Å². The maximum absolute atomic E-state index is 13.5. The van der Waals surface area contributed by atoms with Gasteiger partial charge in [0.1, 0.15) is 28.7 Å². The van der Waals surface area contributed by atoms with Gasteiger partial charge >= 0.3 is 0 Å². The van der Waals surface area contributed by atoms with Crippen molar-refractivity contribution in [2.75, 3.05) is 38.1 Å². The van der Waals surface area contributed by atoms with Crippen molar-refractivity contribution in [3.8, 4) is 22.8 Å². The molecule has 1 fully saturated rings. The van der Waals surface area contributed by atoms with Crippen LogP contribution in [0.15, 0.2) is 64.7 Å². The van der Waals surface area contributed by atoms with Crippen molar-refractivity contribution >= 4 is 33.0 Å². The molecular formula is C28H29ClFN5O6S. The topological polar surface area (TPSA) is 124 Å². The molecule has 1 aliphatic rings. The number of ether oxygens (including phenoxy) is 3. The van der Waals surface area contributed by atoms with Crippen LogP contribution in [0, 0.1) is 5.82 Å². The first-order valence-corrected chi connectivity index (χ1v) is 14.9. The van der Waals surface area contributed by atoms with E-state index in [9.17, 15) is 17.6 Å². The van der Waals surface area contributed by atoms with Crippen LogP contribution < -0.4 is 19.8 Å². The molecule has 4 aromatic rings. The van der Waals surface area contributed by atoms with E-state index >= 15 is 0 Å². The number of halogens is 2. The SMILES string of the molecule is COc1ncc(-c2ccc3ncc(OCCN4C[C@@H](C)O[C@@H](C)C4)c(=O)n3c2)cc1NS(=O)(=O)c1ccc(F)cc1Cl. The lowest BCUT2D eigenvalue weighted by Gasteiger charge is -2.35. The number of anilines is 1. The lowest BCUT2D eigenvalue weighted by atomic mass is 10.1. The fourth-order valence-corrected chi connectivity index (χ4v) is 6.40. The fraction of sp³-hybridized carbons (Fsp3) is 0.321. The number of rotatable bonds is 9. The van der Waals surface area contributed by atoms with Crippen molar-refractivity contribution in [1.29, 1.82) is 0 Å². The Labute approximate surface area is 246 Å². The van der Waals surface area contributed by atoms with Gasteiger partial charge in [-0.2, -0.15) is 0 Å². The van der Waals surface area contributed by atoms with Gasteiger partial charge in [0, 0.05) is 43.2 Å². The summed E-state index contributed by atoms with van der Waals surface area (Å²) in [5.74, 6) is -0.562. The normalized spacial score (nSPS) is 17.7. The zero-order chi connectivity index (χ0) is 30.0. The van der Waals surface area contributed by atoms with Crippen molar-refractivity contribution in [3.05, 3.63) is 76.2 Å². The first-order valence-electron chi connectivity index (χ1n) is 13.1. The average molecular weight is 618 g/mol. The van der Waals surface area contributed by atoms with E-state index in [1.54, 1.807) is 18.3 Å². The molecule has 2 atom stereocenters. The summed E-state index contributed by atoms with van der Waals surface area (Å²) in [6.45, 7) is 6.58. The summed E-state index contributed by atoms with van der Waals surface area (Å²) in [6.07, 6.45) is 4.71. The molecule has 1 N–H and O–H groups in total. The van der Waals surface area contributed by atoms with E-state index in [0.717, 1.165) is 31.3 Å². The smallest absolute Gasteiger partial charge is 0.300 e. The van der Waals surface area contributed by atoms with Crippen LogP contribution in [-0.2, 0) is 14.8 Å². The molecule has 0 aliphatic carbocycles. The van der Waals surface area contributed by atoms with Crippen LogP contribution in [-0.4, -0.2) is 73.2 Å². The highest BCUT2D eigenvalue weighted by Crippen LogP contribution is 2.32. The number of hydrogen-bond acceptors (Lipinski definition) is 9. The zero-order valence-electron chi connectivity index (χ0n) is 23.1. The molecule has 0 saturated carbocycles. The van der Waals surface area contributed by atoms with Gasteiger partial charge in [0.25, 0.3) is 15.6 Å². The predicted molar refractivity (Wildman–Crippen MR) is 155 cm³/mol. The van der Waals surface area contributed by atoms with Crippen molar-refractivity contribution in [3.63, 3.8) is 0 Å².